The van der Waals surface area contributed by atoms with Gasteiger partial charge in [-0.2, -0.15) is 13.2 Å². The number of hydrogen-bond acceptors (Lipinski definition) is 3. The second-order valence-electron chi connectivity index (χ2n) is 4.64. The monoisotopic (exact) mass is 326 g/mol. The number of aromatic amines is 1. The Bertz CT molecular complexity index is 742. The zero-order valence-corrected chi connectivity index (χ0v) is 12.0. The van der Waals surface area contributed by atoms with Gasteiger partial charge in [0.15, 0.2) is 6.10 Å². The van der Waals surface area contributed by atoms with E-state index in [2.05, 4.69) is 5.32 Å². The van der Waals surface area contributed by atoms with Crippen LogP contribution in [-0.4, -0.2) is 18.0 Å². The number of halogens is 3. The number of alkyl halides is 3. The molecule has 1 aromatic heterocycles. The summed E-state index contributed by atoms with van der Waals surface area (Å²) < 4.78 is 43.1. The second-order valence-corrected chi connectivity index (χ2v) is 4.64. The molecule has 0 aliphatic carbocycles. The minimum Gasteiger partial charge on any atom is -0.367 e. The van der Waals surface area contributed by atoms with E-state index < -0.39 is 35.0 Å². The Kier molecular flexibility index (Phi) is 4.85. The summed E-state index contributed by atoms with van der Waals surface area (Å²) >= 11 is 0. The topological polar surface area (TPSA) is 71.2 Å². The molecule has 2 N–H and O–H groups in total. The molecule has 2 aromatic rings. The first-order valence-electron chi connectivity index (χ1n) is 6.51. The predicted molar refractivity (Wildman–Crippen MR) is 76.9 cm³/mol. The fourth-order valence-corrected chi connectivity index (χ4v) is 1.96. The molecule has 1 aromatic carbocycles. The summed E-state index contributed by atoms with van der Waals surface area (Å²) in [5, 5.41) is 2.16. The van der Waals surface area contributed by atoms with Crippen LogP contribution >= 0.6 is 0 Å². The molecule has 122 valence electrons. The Morgan fingerprint density at radius 2 is 1.91 bits per heavy atom. The molecule has 1 atom stereocenters. The van der Waals surface area contributed by atoms with E-state index in [0.29, 0.717) is 17.8 Å². The minimum absolute atomic E-state index is 0.497. The molecule has 0 spiro atoms. The Labute approximate surface area is 129 Å². The normalized spacial score (nSPS) is 12.7. The molecule has 0 fully saturated rings. The number of aromatic nitrogens is 1. The molecule has 23 heavy (non-hydrogen) atoms. The molecule has 2 rings (SSSR count). The summed E-state index contributed by atoms with van der Waals surface area (Å²) in [4.78, 5) is 25.7. The summed E-state index contributed by atoms with van der Waals surface area (Å²) in [6.07, 6.45) is -5.14. The molecular formula is C15H13F3N2O3. The first-order chi connectivity index (χ1) is 10.8. The van der Waals surface area contributed by atoms with Crippen LogP contribution in [0.1, 0.15) is 17.2 Å². The van der Waals surface area contributed by atoms with Crippen molar-refractivity contribution in [1.82, 2.24) is 4.98 Å². The summed E-state index contributed by atoms with van der Waals surface area (Å²) in [6, 6.07) is 8.95. The van der Waals surface area contributed by atoms with Crippen LogP contribution in [0.2, 0.25) is 0 Å². The van der Waals surface area contributed by atoms with Crippen LogP contribution in [0, 0.1) is 0 Å². The highest BCUT2D eigenvalue weighted by atomic mass is 19.4. The van der Waals surface area contributed by atoms with Gasteiger partial charge in [-0.25, -0.2) is 0 Å². The third-order valence-corrected chi connectivity index (χ3v) is 3.06. The van der Waals surface area contributed by atoms with Crippen LogP contribution in [0.3, 0.4) is 0 Å². The Morgan fingerprint density at radius 3 is 2.48 bits per heavy atom. The van der Waals surface area contributed by atoms with Crippen molar-refractivity contribution < 1.29 is 22.7 Å². The lowest BCUT2D eigenvalue weighted by Gasteiger charge is -2.16. The van der Waals surface area contributed by atoms with Crippen molar-refractivity contribution in [1.29, 1.82) is 0 Å². The number of hydrogen-bond donors (Lipinski definition) is 2. The third-order valence-electron chi connectivity index (χ3n) is 3.06. The first kappa shape index (κ1) is 16.8. The predicted octanol–water partition coefficient (Wildman–Crippen LogP) is 2.72. The van der Waals surface area contributed by atoms with Crippen molar-refractivity contribution in [3.8, 4) is 0 Å². The number of pyridine rings is 1. The van der Waals surface area contributed by atoms with Crippen molar-refractivity contribution in [3.63, 3.8) is 0 Å². The summed E-state index contributed by atoms with van der Waals surface area (Å²) in [5.74, 6) is -0.747. The van der Waals surface area contributed by atoms with Gasteiger partial charge in [0.25, 0.3) is 11.5 Å². The average molecular weight is 326 g/mol. The van der Waals surface area contributed by atoms with Crippen molar-refractivity contribution in [3.05, 3.63) is 64.1 Å². The van der Waals surface area contributed by atoms with Gasteiger partial charge < -0.3 is 15.0 Å². The van der Waals surface area contributed by atoms with Crippen LogP contribution in [0.15, 0.2) is 47.4 Å². The maximum Gasteiger partial charge on any atom is 0.417 e. The molecule has 1 heterocycles. The molecule has 0 saturated carbocycles. The molecule has 0 aliphatic rings. The molecule has 1 amide bonds. The van der Waals surface area contributed by atoms with Crippen LogP contribution < -0.4 is 10.9 Å². The standard InChI is InChI=1S/C15H13F3N2O3/c1-23-12(9-5-3-2-4-6-9)14(22)20-11-7-10(15(16,17)18)8-19-13(11)21/h2-8,12H,1H3,(H,19,21)(H,20,22)/t12-/m1/s1. The smallest absolute Gasteiger partial charge is 0.367 e. The van der Waals surface area contributed by atoms with Crippen molar-refractivity contribution >= 4 is 11.6 Å². The molecule has 0 bridgehead atoms. The molecule has 0 radical (unpaired) electrons. The van der Waals surface area contributed by atoms with E-state index >= 15 is 0 Å². The fourth-order valence-electron chi connectivity index (χ4n) is 1.96. The van der Waals surface area contributed by atoms with Gasteiger partial charge in [0.05, 0.1) is 5.56 Å². The van der Waals surface area contributed by atoms with E-state index in [1.54, 1.807) is 30.3 Å². The summed E-state index contributed by atoms with van der Waals surface area (Å²) in [5.41, 5.74) is -1.89. The highest BCUT2D eigenvalue weighted by molar-refractivity contribution is 5.94. The van der Waals surface area contributed by atoms with Gasteiger partial charge in [0.2, 0.25) is 0 Å². The van der Waals surface area contributed by atoms with E-state index in [-0.39, 0.29) is 0 Å². The van der Waals surface area contributed by atoms with Crippen molar-refractivity contribution in [2.24, 2.45) is 0 Å². The maximum atomic E-state index is 12.7. The van der Waals surface area contributed by atoms with Gasteiger partial charge in [-0.15, -0.1) is 0 Å². The summed E-state index contributed by atoms with van der Waals surface area (Å²) in [6.45, 7) is 0. The number of benzene rings is 1. The fraction of sp³-hybridized carbons (Fsp3) is 0.200. The van der Waals surface area contributed by atoms with Crippen LogP contribution in [0.5, 0.6) is 0 Å². The van der Waals surface area contributed by atoms with Gasteiger partial charge in [-0.1, -0.05) is 30.3 Å². The Balaban J connectivity index is 2.27. The number of H-pyrrole nitrogens is 1. The first-order valence-corrected chi connectivity index (χ1v) is 6.51. The molecule has 0 saturated heterocycles. The number of carbonyl (C=O) groups excluding carboxylic acids is 1. The SMILES string of the molecule is CO[C@@H](C(=O)Nc1cc(C(F)(F)F)c[nH]c1=O)c1ccccc1. The second kappa shape index (κ2) is 6.66. The van der Waals surface area contributed by atoms with E-state index in [4.69, 9.17) is 4.74 Å². The quantitative estimate of drug-likeness (QED) is 0.907. The zero-order chi connectivity index (χ0) is 17.0. The van der Waals surface area contributed by atoms with Crippen LogP contribution in [0.4, 0.5) is 18.9 Å². The number of ether oxygens (including phenoxy) is 1. The summed E-state index contributed by atoms with van der Waals surface area (Å²) in [7, 11) is 1.29. The molecule has 8 heteroatoms. The number of rotatable bonds is 4. The Hall–Kier alpha value is -2.61. The number of nitrogens with one attached hydrogen (secondary N) is 2. The van der Waals surface area contributed by atoms with Gasteiger partial charge >= 0.3 is 6.18 Å². The molecule has 0 unspecified atom stereocenters. The van der Waals surface area contributed by atoms with Crippen molar-refractivity contribution in [2.45, 2.75) is 12.3 Å². The molecular weight excluding hydrogens is 313 g/mol. The number of anilines is 1. The molecule has 5 nitrogen and oxygen atoms in total. The highest BCUT2D eigenvalue weighted by Crippen LogP contribution is 2.29. The highest BCUT2D eigenvalue weighted by Gasteiger charge is 2.32. The van der Waals surface area contributed by atoms with Crippen LogP contribution in [0.25, 0.3) is 0 Å². The largest absolute Gasteiger partial charge is 0.417 e. The number of methoxy groups -OCH3 is 1. The van der Waals surface area contributed by atoms with Gasteiger partial charge in [-0.3, -0.25) is 9.59 Å². The lowest BCUT2D eigenvalue weighted by Crippen LogP contribution is -2.26. The Morgan fingerprint density at radius 1 is 1.26 bits per heavy atom. The number of amides is 1. The van der Waals surface area contributed by atoms with E-state index in [1.165, 1.54) is 7.11 Å². The van der Waals surface area contributed by atoms with Gasteiger partial charge in [0, 0.05) is 13.3 Å². The van der Waals surface area contributed by atoms with E-state index in [1.807, 2.05) is 4.98 Å². The molecule has 0 aliphatic heterocycles. The van der Waals surface area contributed by atoms with E-state index in [0.717, 1.165) is 0 Å². The zero-order valence-electron chi connectivity index (χ0n) is 12.0. The third kappa shape index (κ3) is 3.98. The lowest BCUT2D eigenvalue weighted by atomic mass is 10.1. The number of carbonyl (C=O) groups is 1. The van der Waals surface area contributed by atoms with E-state index in [9.17, 15) is 22.8 Å². The van der Waals surface area contributed by atoms with Gasteiger partial charge in [-0.05, 0) is 11.6 Å². The van der Waals surface area contributed by atoms with Gasteiger partial charge in [0.1, 0.15) is 5.69 Å². The van der Waals surface area contributed by atoms with Crippen molar-refractivity contribution in [2.75, 3.05) is 12.4 Å². The lowest BCUT2D eigenvalue weighted by molar-refractivity contribution is -0.137. The average Bonchev–Trinajstić information content (AvgIpc) is 2.50. The minimum atomic E-state index is -4.64. The maximum absolute atomic E-state index is 12.7. The van der Waals surface area contributed by atoms with Crippen LogP contribution in [-0.2, 0) is 15.7 Å².